The fourth-order valence-electron chi connectivity index (χ4n) is 4.47. The number of nitrogens with one attached hydrogen (secondary N) is 1. The molecule has 8 heteroatoms. The summed E-state index contributed by atoms with van der Waals surface area (Å²) in [5.41, 5.74) is 4.36. The SMILES string of the molecule is CCc1nn(C)c(C(=O)N2CCCC(c3ncc(C(=O)Nc4ccccc4)c(C)n3)C2)c1C. The molecule has 1 atom stereocenters. The van der Waals surface area contributed by atoms with E-state index in [0.29, 0.717) is 35.9 Å². The van der Waals surface area contributed by atoms with Crippen LogP contribution < -0.4 is 5.32 Å². The van der Waals surface area contributed by atoms with Crippen LogP contribution in [0.3, 0.4) is 0 Å². The van der Waals surface area contributed by atoms with Crippen LogP contribution >= 0.6 is 0 Å². The summed E-state index contributed by atoms with van der Waals surface area (Å²) in [6.45, 7) is 7.09. The Morgan fingerprint density at radius 2 is 1.94 bits per heavy atom. The average molecular weight is 447 g/mol. The Bertz CT molecular complexity index is 1170. The normalized spacial score (nSPS) is 16.0. The van der Waals surface area contributed by atoms with Gasteiger partial charge in [0, 0.05) is 43.5 Å². The maximum atomic E-state index is 13.3. The monoisotopic (exact) mass is 446 g/mol. The van der Waals surface area contributed by atoms with Gasteiger partial charge in [-0.15, -0.1) is 0 Å². The van der Waals surface area contributed by atoms with E-state index in [4.69, 9.17) is 0 Å². The van der Waals surface area contributed by atoms with E-state index in [1.165, 1.54) is 0 Å². The van der Waals surface area contributed by atoms with E-state index in [2.05, 4.69) is 20.4 Å². The maximum Gasteiger partial charge on any atom is 0.272 e. The van der Waals surface area contributed by atoms with Gasteiger partial charge in [-0.25, -0.2) is 9.97 Å². The van der Waals surface area contributed by atoms with Crippen molar-refractivity contribution in [1.82, 2.24) is 24.6 Å². The summed E-state index contributed by atoms with van der Waals surface area (Å²) >= 11 is 0. The van der Waals surface area contributed by atoms with E-state index >= 15 is 0 Å². The first-order chi connectivity index (χ1) is 15.9. The van der Waals surface area contributed by atoms with Crippen molar-refractivity contribution in [3.63, 3.8) is 0 Å². The highest BCUT2D eigenvalue weighted by Gasteiger charge is 2.30. The Morgan fingerprint density at radius 3 is 2.61 bits per heavy atom. The zero-order valence-electron chi connectivity index (χ0n) is 19.6. The van der Waals surface area contributed by atoms with Crippen molar-refractivity contribution in [2.75, 3.05) is 18.4 Å². The number of anilines is 1. The minimum Gasteiger partial charge on any atom is -0.337 e. The van der Waals surface area contributed by atoms with Gasteiger partial charge in [-0.2, -0.15) is 5.10 Å². The molecule has 0 saturated carbocycles. The van der Waals surface area contributed by atoms with Gasteiger partial charge >= 0.3 is 0 Å². The smallest absolute Gasteiger partial charge is 0.272 e. The highest BCUT2D eigenvalue weighted by molar-refractivity contribution is 6.04. The standard InChI is InChI=1S/C25H30N6O2/c1-5-21-16(2)22(30(4)29-21)25(33)31-13-9-10-18(15-31)23-26-14-20(17(3)27-23)24(32)28-19-11-7-6-8-12-19/h6-8,11-12,14,18H,5,9-10,13,15H2,1-4H3,(H,28,32). The first-order valence-corrected chi connectivity index (χ1v) is 11.4. The van der Waals surface area contributed by atoms with Gasteiger partial charge in [0.2, 0.25) is 0 Å². The van der Waals surface area contributed by atoms with Crippen molar-refractivity contribution in [3.8, 4) is 0 Å². The number of likely N-dealkylation sites (tertiary alicyclic amines) is 1. The molecule has 4 rings (SSSR count). The first kappa shape index (κ1) is 22.6. The van der Waals surface area contributed by atoms with Crippen molar-refractivity contribution >= 4 is 17.5 Å². The predicted octanol–water partition coefficient (Wildman–Crippen LogP) is 3.66. The minimum atomic E-state index is -0.232. The highest BCUT2D eigenvalue weighted by Crippen LogP contribution is 2.27. The summed E-state index contributed by atoms with van der Waals surface area (Å²) in [4.78, 5) is 37.0. The zero-order valence-corrected chi connectivity index (χ0v) is 19.6. The van der Waals surface area contributed by atoms with Crippen LogP contribution in [0.25, 0.3) is 0 Å². The molecule has 2 aromatic heterocycles. The molecular weight excluding hydrogens is 416 g/mol. The number of nitrogens with zero attached hydrogens (tertiary/aromatic N) is 5. The van der Waals surface area contributed by atoms with Gasteiger partial charge in [-0.1, -0.05) is 25.1 Å². The Labute approximate surface area is 194 Å². The molecule has 0 aliphatic carbocycles. The molecule has 1 aliphatic rings. The molecule has 1 unspecified atom stereocenters. The summed E-state index contributed by atoms with van der Waals surface area (Å²) in [5.74, 6) is 0.482. The third-order valence-electron chi connectivity index (χ3n) is 6.27. The number of carbonyl (C=O) groups is 2. The molecule has 1 saturated heterocycles. The molecule has 1 aliphatic heterocycles. The lowest BCUT2D eigenvalue weighted by atomic mass is 9.96. The summed E-state index contributed by atoms with van der Waals surface area (Å²) in [6.07, 6.45) is 4.18. The van der Waals surface area contributed by atoms with E-state index in [1.807, 2.05) is 63.1 Å². The molecule has 1 fully saturated rings. The number of piperidine rings is 1. The van der Waals surface area contributed by atoms with Gasteiger partial charge in [0.25, 0.3) is 11.8 Å². The Hall–Kier alpha value is -3.55. The van der Waals surface area contributed by atoms with Crippen LogP contribution in [0.2, 0.25) is 0 Å². The van der Waals surface area contributed by atoms with Gasteiger partial charge < -0.3 is 10.2 Å². The van der Waals surface area contributed by atoms with Crippen molar-refractivity contribution in [3.05, 3.63) is 70.6 Å². The summed E-state index contributed by atoms with van der Waals surface area (Å²) < 4.78 is 1.70. The van der Waals surface area contributed by atoms with Crippen LogP contribution in [0.1, 0.15) is 69.3 Å². The second-order valence-corrected chi connectivity index (χ2v) is 8.54. The van der Waals surface area contributed by atoms with Crippen LogP contribution in [0.15, 0.2) is 36.5 Å². The quantitative estimate of drug-likeness (QED) is 0.646. The van der Waals surface area contributed by atoms with Crippen LogP contribution in [0.5, 0.6) is 0 Å². The molecule has 1 aromatic carbocycles. The van der Waals surface area contributed by atoms with Crippen molar-refractivity contribution in [2.45, 2.75) is 46.0 Å². The average Bonchev–Trinajstić information content (AvgIpc) is 3.12. The Kier molecular flexibility index (Phi) is 6.53. The lowest BCUT2D eigenvalue weighted by Gasteiger charge is -2.32. The number of carbonyl (C=O) groups excluding carboxylic acids is 2. The van der Waals surface area contributed by atoms with Gasteiger partial charge in [0.05, 0.1) is 17.0 Å². The van der Waals surface area contributed by atoms with E-state index in [9.17, 15) is 9.59 Å². The van der Waals surface area contributed by atoms with E-state index in [1.54, 1.807) is 10.9 Å². The largest absolute Gasteiger partial charge is 0.337 e. The fraction of sp³-hybridized carbons (Fsp3) is 0.400. The first-order valence-electron chi connectivity index (χ1n) is 11.4. The van der Waals surface area contributed by atoms with Crippen LogP contribution in [0, 0.1) is 13.8 Å². The summed E-state index contributed by atoms with van der Waals surface area (Å²) in [5, 5.41) is 7.37. The molecule has 33 heavy (non-hydrogen) atoms. The number of aromatic nitrogens is 4. The van der Waals surface area contributed by atoms with Gasteiger partial charge in [-0.05, 0) is 45.2 Å². The lowest BCUT2D eigenvalue weighted by Crippen LogP contribution is -2.40. The molecule has 3 heterocycles. The van der Waals surface area contributed by atoms with E-state index in [-0.39, 0.29) is 17.7 Å². The second-order valence-electron chi connectivity index (χ2n) is 8.54. The number of hydrogen-bond donors (Lipinski definition) is 1. The maximum absolute atomic E-state index is 13.3. The molecular formula is C25H30N6O2. The molecule has 0 spiro atoms. The zero-order chi connectivity index (χ0) is 23.5. The summed E-state index contributed by atoms with van der Waals surface area (Å²) in [6, 6.07) is 9.31. The molecule has 0 bridgehead atoms. The third-order valence-corrected chi connectivity index (χ3v) is 6.27. The highest BCUT2D eigenvalue weighted by atomic mass is 16.2. The van der Waals surface area contributed by atoms with E-state index < -0.39 is 0 Å². The van der Waals surface area contributed by atoms with Gasteiger partial charge in [-0.3, -0.25) is 14.3 Å². The topological polar surface area (TPSA) is 93.0 Å². The van der Waals surface area contributed by atoms with Crippen molar-refractivity contribution in [1.29, 1.82) is 0 Å². The third kappa shape index (κ3) is 4.65. The van der Waals surface area contributed by atoms with Crippen LogP contribution in [-0.4, -0.2) is 49.6 Å². The number of amides is 2. The van der Waals surface area contributed by atoms with Gasteiger partial charge in [0.15, 0.2) is 0 Å². The number of para-hydroxylation sites is 1. The Balaban J connectivity index is 1.49. The molecule has 172 valence electrons. The molecule has 3 aromatic rings. The minimum absolute atomic E-state index is 0.00230. The Morgan fingerprint density at radius 1 is 1.18 bits per heavy atom. The van der Waals surface area contributed by atoms with Crippen LogP contribution in [0.4, 0.5) is 5.69 Å². The number of hydrogen-bond acceptors (Lipinski definition) is 5. The summed E-state index contributed by atoms with van der Waals surface area (Å²) in [7, 11) is 1.83. The second kappa shape index (κ2) is 9.52. The molecule has 0 radical (unpaired) electrons. The number of rotatable bonds is 5. The fourth-order valence-corrected chi connectivity index (χ4v) is 4.47. The van der Waals surface area contributed by atoms with E-state index in [0.717, 1.165) is 36.2 Å². The number of aryl methyl sites for hydroxylation is 3. The van der Waals surface area contributed by atoms with Crippen molar-refractivity contribution in [2.24, 2.45) is 7.05 Å². The van der Waals surface area contributed by atoms with Crippen molar-refractivity contribution < 1.29 is 9.59 Å². The molecule has 1 N–H and O–H groups in total. The number of benzene rings is 1. The predicted molar refractivity (Wildman–Crippen MR) is 126 cm³/mol. The lowest BCUT2D eigenvalue weighted by molar-refractivity contribution is 0.0692. The van der Waals surface area contributed by atoms with Crippen LogP contribution in [-0.2, 0) is 13.5 Å². The molecule has 2 amide bonds. The van der Waals surface area contributed by atoms with Gasteiger partial charge in [0.1, 0.15) is 11.5 Å². The molecule has 8 nitrogen and oxygen atoms in total.